The maximum Gasteiger partial charge on any atom is 0.254 e. The third-order valence-electron chi connectivity index (χ3n) is 4.29. The van der Waals surface area contributed by atoms with Crippen molar-refractivity contribution < 1.29 is 18.8 Å². The number of amides is 2. The largest absolute Gasteiger partial charge is 0.332 e. The van der Waals surface area contributed by atoms with Crippen LogP contribution in [0.25, 0.3) is 0 Å². The Balaban J connectivity index is 1.73. The number of anilines is 1. The molecule has 0 radical (unpaired) electrons. The van der Waals surface area contributed by atoms with Crippen LogP contribution < -0.4 is 5.32 Å². The second-order valence-electron chi connectivity index (χ2n) is 6.46. The molecule has 0 unspecified atom stereocenters. The van der Waals surface area contributed by atoms with Gasteiger partial charge in [0.2, 0.25) is 5.91 Å². The molecular formula is C23H19FN2O3. The highest BCUT2D eigenvalue weighted by atomic mass is 19.1. The zero-order valence-electron chi connectivity index (χ0n) is 15.8. The first-order chi connectivity index (χ1) is 14.0. The summed E-state index contributed by atoms with van der Waals surface area (Å²) >= 11 is 0. The molecule has 3 rings (SSSR count). The summed E-state index contributed by atoms with van der Waals surface area (Å²) in [5.74, 6) is -1.55. The van der Waals surface area contributed by atoms with Crippen molar-refractivity contribution >= 4 is 23.3 Å². The minimum absolute atomic E-state index is 0.218. The fourth-order valence-corrected chi connectivity index (χ4v) is 2.84. The molecule has 0 heterocycles. The van der Waals surface area contributed by atoms with E-state index in [2.05, 4.69) is 5.32 Å². The van der Waals surface area contributed by atoms with E-state index in [1.54, 1.807) is 54.6 Å². The number of hydrogen-bond donors (Lipinski definition) is 1. The molecular weight excluding hydrogens is 371 g/mol. The van der Waals surface area contributed by atoms with Crippen LogP contribution in [0.5, 0.6) is 0 Å². The zero-order chi connectivity index (χ0) is 20.8. The van der Waals surface area contributed by atoms with Crippen LogP contribution in [0.2, 0.25) is 0 Å². The van der Waals surface area contributed by atoms with Gasteiger partial charge in [0.05, 0.1) is 12.1 Å². The summed E-state index contributed by atoms with van der Waals surface area (Å²) in [6.45, 7) is -0.218. The summed E-state index contributed by atoms with van der Waals surface area (Å²) in [5.41, 5.74) is 1.40. The van der Waals surface area contributed by atoms with Gasteiger partial charge in [-0.2, -0.15) is 0 Å². The molecule has 29 heavy (non-hydrogen) atoms. The van der Waals surface area contributed by atoms with Gasteiger partial charge in [0.25, 0.3) is 5.91 Å². The van der Waals surface area contributed by atoms with Gasteiger partial charge in [-0.25, -0.2) is 4.39 Å². The van der Waals surface area contributed by atoms with Crippen molar-refractivity contribution in [3.63, 3.8) is 0 Å². The van der Waals surface area contributed by atoms with Crippen molar-refractivity contribution in [2.24, 2.45) is 0 Å². The van der Waals surface area contributed by atoms with E-state index in [-0.39, 0.29) is 23.5 Å². The summed E-state index contributed by atoms with van der Waals surface area (Å²) in [5, 5.41) is 2.60. The summed E-state index contributed by atoms with van der Waals surface area (Å²) in [7, 11) is 1.48. The van der Waals surface area contributed by atoms with Gasteiger partial charge >= 0.3 is 0 Å². The summed E-state index contributed by atoms with van der Waals surface area (Å²) in [6, 6.07) is 20.5. The van der Waals surface area contributed by atoms with Gasteiger partial charge in [-0.05, 0) is 30.3 Å². The average molecular weight is 390 g/mol. The van der Waals surface area contributed by atoms with Crippen LogP contribution >= 0.6 is 0 Å². The lowest BCUT2D eigenvalue weighted by Gasteiger charge is -2.18. The van der Waals surface area contributed by atoms with Crippen molar-refractivity contribution in [1.82, 2.24) is 4.90 Å². The monoisotopic (exact) mass is 390 g/mol. The Kier molecular flexibility index (Phi) is 6.14. The Morgan fingerprint density at radius 1 is 0.828 bits per heavy atom. The smallest absolute Gasteiger partial charge is 0.254 e. The van der Waals surface area contributed by atoms with Crippen LogP contribution in [0.3, 0.4) is 0 Å². The van der Waals surface area contributed by atoms with Crippen molar-refractivity contribution in [2.75, 3.05) is 18.9 Å². The molecule has 0 bridgehead atoms. The number of likely N-dealkylation sites (N-methyl/N-ethyl adjacent to an activating group) is 1. The molecule has 3 aromatic carbocycles. The van der Waals surface area contributed by atoms with Crippen LogP contribution in [0.15, 0.2) is 78.9 Å². The number of benzene rings is 3. The normalized spacial score (nSPS) is 10.3. The number of nitrogens with zero attached hydrogens (tertiary/aromatic N) is 1. The fourth-order valence-electron chi connectivity index (χ4n) is 2.84. The maximum atomic E-state index is 13.0. The van der Waals surface area contributed by atoms with Gasteiger partial charge in [0.15, 0.2) is 5.78 Å². The predicted octanol–water partition coefficient (Wildman–Crippen LogP) is 3.77. The molecule has 3 aromatic rings. The Bertz CT molecular complexity index is 1030. The van der Waals surface area contributed by atoms with Crippen LogP contribution in [0.1, 0.15) is 26.3 Å². The Hall–Kier alpha value is -3.80. The first-order valence-corrected chi connectivity index (χ1v) is 8.95. The van der Waals surface area contributed by atoms with Crippen molar-refractivity contribution in [1.29, 1.82) is 0 Å². The highest BCUT2D eigenvalue weighted by Gasteiger charge is 2.21. The molecule has 5 nitrogen and oxygen atoms in total. The number of halogens is 1. The molecule has 0 aliphatic rings. The first-order valence-electron chi connectivity index (χ1n) is 8.95. The van der Waals surface area contributed by atoms with E-state index in [4.69, 9.17) is 0 Å². The molecule has 0 aliphatic heterocycles. The van der Waals surface area contributed by atoms with Crippen molar-refractivity contribution in [2.45, 2.75) is 0 Å². The minimum Gasteiger partial charge on any atom is -0.332 e. The van der Waals surface area contributed by atoms with E-state index in [1.165, 1.54) is 36.2 Å². The van der Waals surface area contributed by atoms with E-state index < -0.39 is 17.6 Å². The summed E-state index contributed by atoms with van der Waals surface area (Å²) in [6.07, 6.45) is 0. The molecule has 0 aliphatic carbocycles. The Labute approximate surface area is 167 Å². The quantitative estimate of drug-likeness (QED) is 0.652. The summed E-state index contributed by atoms with van der Waals surface area (Å²) < 4.78 is 13.0. The van der Waals surface area contributed by atoms with E-state index >= 15 is 0 Å². The molecule has 0 spiro atoms. The highest BCUT2D eigenvalue weighted by Crippen LogP contribution is 2.16. The number of ketones is 1. The van der Waals surface area contributed by atoms with Gasteiger partial charge in [-0.3, -0.25) is 14.4 Å². The SMILES string of the molecule is CN(CC(=O)Nc1ccc(F)cc1)C(=O)c1ccccc1C(=O)c1ccccc1. The summed E-state index contributed by atoms with van der Waals surface area (Å²) in [4.78, 5) is 39.1. The topological polar surface area (TPSA) is 66.5 Å². The highest BCUT2D eigenvalue weighted by molar-refractivity contribution is 6.15. The minimum atomic E-state index is -0.445. The van der Waals surface area contributed by atoms with Crippen molar-refractivity contribution in [3.8, 4) is 0 Å². The molecule has 2 amide bonds. The number of carbonyl (C=O) groups is 3. The van der Waals surface area contributed by atoms with E-state index in [0.717, 1.165) is 0 Å². The van der Waals surface area contributed by atoms with Gasteiger partial charge in [-0.15, -0.1) is 0 Å². The van der Waals surface area contributed by atoms with E-state index in [1.807, 2.05) is 0 Å². The zero-order valence-corrected chi connectivity index (χ0v) is 15.8. The molecule has 6 heteroatoms. The molecule has 0 atom stereocenters. The fraction of sp³-hybridized carbons (Fsp3) is 0.0870. The second kappa shape index (κ2) is 8.93. The third-order valence-corrected chi connectivity index (χ3v) is 4.29. The molecule has 0 saturated heterocycles. The predicted molar refractivity (Wildman–Crippen MR) is 108 cm³/mol. The maximum absolute atomic E-state index is 13.0. The second-order valence-corrected chi connectivity index (χ2v) is 6.46. The Morgan fingerprint density at radius 2 is 1.41 bits per heavy atom. The molecule has 1 N–H and O–H groups in total. The molecule has 146 valence electrons. The number of rotatable bonds is 6. The number of carbonyl (C=O) groups excluding carboxylic acids is 3. The molecule has 0 saturated carbocycles. The van der Waals surface area contributed by atoms with Crippen LogP contribution in [-0.4, -0.2) is 36.1 Å². The van der Waals surface area contributed by atoms with Gasteiger partial charge < -0.3 is 10.2 Å². The van der Waals surface area contributed by atoms with Gasteiger partial charge in [0.1, 0.15) is 5.82 Å². The average Bonchev–Trinajstić information content (AvgIpc) is 2.75. The van der Waals surface area contributed by atoms with E-state index in [0.29, 0.717) is 11.3 Å². The standard InChI is InChI=1S/C23H19FN2O3/c1-26(15-21(27)25-18-13-11-17(24)12-14-18)23(29)20-10-6-5-9-19(20)22(28)16-7-3-2-4-8-16/h2-14H,15H2,1H3,(H,25,27). The van der Waals surface area contributed by atoms with Gasteiger partial charge in [-0.1, -0.05) is 48.5 Å². The van der Waals surface area contributed by atoms with Crippen LogP contribution in [-0.2, 0) is 4.79 Å². The number of nitrogens with one attached hydrogen (secondary N) is 1. The van der Waals surface area contributed by atoms with Gasteiger partial charge in [0, 0.05) is 23.9 Å². The van der Waals surface area contributed by atoms with Crippen molar-refractivity contribution in [3.05, 3.63) is 101 Å². The van der Waals surface area contributed by atoms with Crippen LogP contribution in [0, 0.1) is 5.82 Å². The lowest BCUT2D eigenvalue weighted by atomic mass is 9.97. The first kappa shape index (κ1) is 19.9. The molecule has 0 fully saturated rings. The lowest BCUT2D eigenvalue weighted by molar-refractivity contribution is -0.116. The van der Waals surface area contributed by atoms with E-state index in [9.17, 15) is 18.8 Å². The Morgan fingerprint density at radius 3 is 2.07 bits per heavy atom. The number of hydrogen-bond acceptors (Lipinski definition) is 3. The van der Waals surface area contributed by atoms with Crippen LogP contribution in [0.4, 0.5) is 10.1 Å². The third kappa shape index (κ3) is 4.93. The molecule has 0 aromatic heterocycles. The lowest BCUT2D eigenvalue weighted by Crippen LogP contribution is -2.35.